The molecule has 2 N–H and O–H groups in total. The molecular formula is C14H14FN5S2. The maximum Gasteiger partial charge on any atom is 0.225 e. The summed E-state index contributed by atoms with van der Waals surface area (Å²) in [5.74, 6) is 1.39. The fraction of sp³-hybridized carbons (Fsp3) is 0.357. The van der Waals surface area contributed by atoms with Gasteiger partial charge in [0.15, 0.2) is 11.0 Å². The highest BCUT2D eigenvalue weighted by molar-refractivity contribution is 8.13. The normalized spacial score (nSPS) is 27.6. The first-order chi connectivity index (χ1) is 10.7. The Bertz CT molecular complexity index is 703. The van der Waals surface area contributed by atoms with Crippen molar-refractivity contribution in [3.8, 4) is 0 Å². The molecule has 2 aromatic heterocycles. The van der Waals surface area contributed by atoms with Gasteiger partial charge in [0.05, 0.1) is 18.9 Å². The van der Waals surface area contributed by atoms with E-state index in [0.29, 0.717) is 23.6 Å². The Balaban J connectivity index is 1.73. The number of hydrogen-bond acceptors (Lipinski definition) is 7. The molecule has 4 rings (SSSR count). The van der Waals surface area contributed by atoms with E-state index < -0.39 is 5.82 Å². The van der Waals surface area contributed by atoms with Crippen molar-refractivity contribution in [1.29, 1.82) is 0 Å². The van der Waals surface area contributed by atoms with Crippen molar-refractivity contribution in [2.45, 2.75) is 5.54 Å². The minimum absolute atomic E-state index is 0.332. The smallest absolute Gasteiger partial charge is 0.225 e. The summed E-state index contributed by atoms with van der Waals surface area (Å²) >= 11 is 3.29. The van der Waals surface area contributed by atoms with Crippen molar-refractivity contribution in [3.05, 3.63) is 40.6 Å². The molecule has 4 heterocycles. The number of aromatic nitrogens is 2. The molecule has 0 bridgehead atoms. The molecule has 2 aliphatic rings. The van der Waals surface area contributed by atoms with Gasteiger partial charge in [-0.3, -0.25) is 0 Å². The van der Waals surface area contributed by atoms with Crippen LogP contribution in [0.25, 0.3) is 0 Å². The quantitative estimate of drug-likeness (QED) is 0.910. The van der Waals surface area contributed by atoms with Crippen LogP contribution in [0.1, 0.15) is 4.88 Å². The van der Waals surface area contributed by atoms with Crippen LogP contribution in [0, 0.1) is 11.7 Å². The van der Waals surface area contributed by atoms with E-state index in [-0.39, 0.29) is 5.54 Å². The van der Waals surface area contributed by atoms with Crippen LogP contribution in [-0.2, 0) is 5.54 Å². The third-order valence-electron chi connectivity index (χ3n) is 4.13. The lowest BCUT2D eigenvalue weighted by atomic mass is 9.87. The van der Waals surface area contributed by atoms with E-state index in [4.69, 9.17) is 10.7 Å². The van der Waals surface area contributed by atoms with Crippen molar-refractivity contribution < 1.29 is 4.39 Å². The van der Waals surface area contributed by atoms with Crippen molar-refractivity contribution in [2.75, 3.05) is 23.7 Å². The molecule has 2 unspecified atom stereocenters. The van der Waals surface area contributed by atoms with Crippen LogP contribution in [0.5, 0.6) is 0 Å². The van der Waals surface area contributed by atoms with Crippen molar-refractivity contribution >= 4 is 34.2 Å². The fourth-order valence-electron chi connectivity index (χ4n) is 3.11. The first kappa shape index (κ1) is 14.0. The summed E-state index contributed by atoms with van der Waals surface area (Å²) in [7, 11) is 0. The Morgan fingerprint density at radius 1 is 1.36 bits per heavy atom. The first-order valence-electron chi connectivity index (χ1n) is 6.92. The molecule has 2 aromatic rings. The summed E-state index contributed by atoms with van der Waals surface area (Å²) in [6.07, 6.45) is 2.41. The van der Waals surface area contributed by atoms with Gasteiger partial charge in [0.25, 0.3) is 0 Å². The number of aliphatic imine (C=N–C) groups is 1. The largest absolute Gasteiger partial charge is 0.379 e. The van der Waals surface area contributed by atoms with Gasteiger partial charge in [0.1, 0.15) is 5.54 Å². The zero-order valence-corrected chi connectivity index (χ0v) is 13.3. The molecule has 5 nitrogen and oxygen atoms in total. The number of anilines is 1. The number of hydrogen-bond donors (Lipinski definition) is 1. The second-order valence-electron chi connectivity index (χ2n) is 5.44. The molecule has 114 valence electrons. The van der Waals surface area contributed by atoms with Gasteiger partial charge in [0.2, 0.25) is 5.95 Å². The SMILES string of the molecule is NC1=NC2(c3cccs3)CN(c3ncc(F)cn3)CC2CS1. The summed E-state index contributed by atoms with van der Waals surface area (Å²) < 4.78 is 13.0. The Morgan fingerprint density at radius 3 is 2.91 bits per heavy atom. The lowest BCUT2D eigenvalue weighted by Crippen LogP contribution is -2.39. The molecule has 1 fully saturated rings. The van der Waals surface area contributed by atoms with Gasteiger partial charge < -0.3 is 10.6 Å². The minimum Gasteiger partial charge on any atom is -0.379 e. The van der Waals surface area contributed by atoms with E-state index in [0.717, 1.165) is 12.3 Å². The van der Waals surface area contributed by atoms with E-state index in [1.807, 2.05) is 6.07 Å². The third kappa shape index (κ3) is 2.17. The predicted octanol–water partition coefficient (Wildman–Crippen LogP) is 2.07. The summed E-state index contributed by atoms with van der Waals surface area (Å²) in [6, 6.07) is 4.15. The molecule has 0 saturated carbocycles. The van der Waals surface area contributed by atoms with Crippen LogP contribution in [0.2, 0.25) is 0 Å². The second kappa shape index (κ2) is 5.20. The third-order valence-corrected chi connectivity index (χ3v) is 6.12. The van der Waals surface area contributed by atoms with Crippen LogP contribution in [0.4, 0.5) is 10.3 Å². The average molecular weight is 335 g/mol. The number of nitrogens with zero attached hydrogens (tertiary/aromatic N) is 4. The van der Waals surface area contributed by atoms with E-state index in [2.05, 4.69) is 26.3 Å². The number of thioether (sulfide) groups is 1. The maximum absolute atomic E-state index is 13.0. The van der Waals surface area contributed by atoms with Gasteiger partial charge in [-0.1, -0.05) is 17.8 Å². The molecule has 22 heavy (non-hydrogen) atoms. The standard InChI is InChI=1S/C14H14FN5S2/c15-10-4-17-13(18-5-10)20-6-9-7-22-12(16)19-14(9,8-20)11-2-1-3-21-11/h1-5,9H,6-8H2,(H2,16,19). The fourth-order valence-corrected chi connectivity index (χ4v) is 5.04. The van der Waals surface area contributed by atoms with Gasteiger partial charge in [-0.05, 0) is 11.4 Å². The average Bonchev–Trinajstić information content (AvgIpc) is 3.15. The highest BCUT2D eigenvalue weighted by atomic mass is 32.2. The number of halogens is 1. The van der Waals surface area contributed by atoms with Gasteiger partial charge in [0, 0.05) is 23.1 Å². The second-order valence-corrected chi connectivity index (χ2v) is 7.43. The molecule has 0 spiro atoms. The van der Waals surface area contributed by atoms with Crippen LogP contribution in [0.3, 0.4) is 0 Å². The molecule has 0 amide bonds. The Kier molecular flexibility index (Phi) is 3.30. The van der Waals surface area contributed by atoms with Gasteiger partial charge >= 0.3 is 0 Å². The summed E-state index contributed by atoms with van der Waals surface area (Å²) in [5, 5.41) is 2.69. The minimum atomic E-state index is -0.425. The predicted molar refractivity (Wildman–Crippen MR) is 87.8 cm³/mol. The van der Waals surface area contributed by atoms with E-state index in [1.165, 1.54) is 17.3 Å². The van der Waals surface area contributed by atoms with Crippen LogP contribution in [0.15, 0.2) is 34.9 Å². The number of rotatable bonds is 2. The van der Waals surface area contributed by atoms with E-state index in [1.54, 1.807) is 23.1 Å². The van der Waals surface area contributed by atoms with Crippen molar-refractivity contribution in [3.63, 3.8) is 0 Å². The van der Waals surface area contributed by atoms with Crippen LogP contribution in [-0.4, -0.2) is 34.0 Å². The topological polar surface area (TPSA) is 67.4 Å². The van der Waals surface area contributed by atoms with E-state index >= 15 is 0 Å². The Labute approximate surface area is 135 Å². The molecular weight excluding hydrogens is 321 g/mol. The zero-order valence-electron chi connectivity index (χ0n) is 11.6. The zero-order chi connectivity index (χ0) is 15.2. The summed E-state index contributed by atoms with van der Waals surface area (Å²) in [4.78, 5) is 16.3. The Morgan fingerprint density at radius 2 is 2.18 bits per heavy atom. The van der Waals surface area contributed by atoms with E-state index in [9.17, 15) is 4.39 Å². The molecule has 8 heteroatoms. The number of nitrogens with two attached hydrogens (primary N) is 1. The number of thiophene rings is 1. The number of amidine groups is 1. The summed E-state index contributed by atoms with van der Waals surface area (Å²) in [5.41, 5.74) is 5.67. The Hall–Kier alpha value is -1.67. The van der Waals surface area contributed by atoms with Crippen LogP contribution < -0.4 is 10.6 Å². The van der Waals surface area contributed by atoms with Gasteiger partial charge in [-0.25, -0.2) is 19.4 Å². The monoisotopic (exact) mass is 335 g/mol. The molecule has 0 aliphatic carbocycles. The van der Waals surface area contributed by atoms with Gasteiger partial charge in [-0.2, -0.15) is 0 Å². The highest BCUT2D eigenvalue weighted by Crippen LogP contribution is 2.47. The summed E-state index contributed by atoms with van der Waals surface area (Å²) in [6.45, 7) is 1.47. The van der Waals surface area contributed by atoms with Crippen molar-refractivity contribution in [1.82, 2.24) is 9.97 Å². The van der Waals surface area contributed by atoms with Crippen molar-refractivity contribution in [2.24, 2.45) is 16.6 Å². The molecule has 0 radical (unpaired) electrons. The van der Waals surface area contributed by atoms with Gasteiger partial charge in [-0.15, -0.1) is 11.3 Å². The molecule has 2 atom stereocenters. The molecule has 2 aliphatic heterocycles. The maximum atomic E-state index is 13.0. The first-order valence-corrected chi connectivity index (χ1v) is 8.78. The number of fused-ring (bicyclic) bond motifs is 1. The van der Waals surface area contributed by atoms with Crippen LogP contribution >= 0.6 is 23.1 Å². The highest BCUT2D eigenvalue weighted by Gasteiger charge is 2.51. The molecule has 0 aromatic carbocycles. The lowest BCUT2D eigenvalue weighted by Gasteiger charge is -2.33. The lowest BCUT2D eigenvalue weighted by molar-refractivity contribution is 0.395. The molecule has 1 saturated heterocycles.